The van der Waals surface area contributed by atoms with Crippen LogP contribution in [0.1, 0.15) is 82.2 Å². The standard InChI is InChI=1S/C33H39NO12/c1-5-21(35)33(41)12-17-25(32(40)27-26(30(17)38)29(37)16-7-6-8-19(42-3)24(16)31(27)39)20(13-33)46-22-11-18(28(36)15(2)45-22)34-9-10-44-23(14-34)43-4/h6-8,15,18,20,22-23,28,36,38,40-41H,5,9-14H2,1-4H3/t15-,18-,20-,22-,23-,28+,33-/m0/s1. The van der Waals surface area contributed by atoms with Gasteiger partial charge in [-0.2, -0.15) is 0 Å². The second-order valence-corrected chi connectivity index (χ2v) is 12.3. The number of morpholine rings is 1. The van der Waals surface area contributed by atoms with Crippen molar-refractivity contribution >= 4 is 17.3 Å². The number of carbonyl (C=O) groups is 3. The van der Waals surface area contributed by atoms with Gasteiger partial charge in [-0.25, -0.2) is 0 Å². The molecule has 2 aliphatic carbocycles. The molecule has 0 amide bonds. The second-order valence-electron chi connectivity index (χ2n) is 12.3. The number of aliphatic hydroxyl groups excluding tert-OH is 1. The van der Waals surface area contributed by atoms with Crippen molar-refractivity contribution in [1.29, 1.82) is 0 Å². The summed E-state index contributed by atoms with van der Waals surface area (Å²) in [6, 6.07) is 4.05. The second kappa shape index (κ2) is 12.3. The van der Waals surface area contributed by atoms with Crippen LogP contribution in [0.2, 0.25) is 0 Å². The summed E-state index contributed by atoms with van der Waals surface area (Å²) in [5.41, 5.74) is -2.99. The fraction of sp³-hybridized carbons (Fsp3) is 0.545. The van der Waals surface area contributed by atoms with E-state index in [9.17, 15) is 34.8 Å². The Morgan fingerprint density at radius 2 is 1.83 bits per heavy atom. The van der Waals surface area contributed by atoms with Crippen LogP contribution in [0.15, 0.2) is 18.2 Å². The predicted octanol–water partition coefficient (Wildman–Crippen LogP) is 1.76. The molecule has 0 spiro atoms. The summed E-state index contributed by atoms with van der Waals surface area (Å²) in [5.74, 6) is -3.05. The number of rotatable bonds is 7. The van der Waals surface area contributed by atoms with Crippen LogP contribution >= 0.6 is 0 Å². The van der Waals surface area contributed by atoms with Crippen LogP contribution in [0.25, 0.3) is 0 Å². The molecule has 0 radical (unpaired) electrons. The predicted molar refractivity (Wildman–Crippen MR) is 159 cm³/mol. The van der Waals surface area contributed by atoms with Crippen LogP contribution in [-0.2, 0) is 30.2 Å². The Morgan fingerprint density at radius 1 is 1.09 bits per heavy atom. The normalized spacial score (nSPS) is 31.2. The maximum atomic E-state index is 13.9. The van der Waals surface area contributed by atoms with Crippen molar-refractivity contribution in [3.05, 3.63) is 51.6 Å². The minimum Gasteiger partial charge on any atom is -0.507 e. The monoisotopic (exact) mass is 641 g/mol. The number of carbonyl (C=O) groups excluding carboxylic acids is 3. The van der Waals surface area contributed by atoms with Gasteiger partial charge < -0.3 is 44.1 Å². The zero-order valence-electron chi connectivity index (χ0n) is 26.1. The first-order valence-corrected chi connectivity index (χ1v) is 15.4. The first-order chi connectivity index (χ1) is 21.9. The molecule has 2 heterocycles. The van der Waals surface area contributed by atoms with Crippen LogP contribution < -0.4 is 4.74 Å². The number of phenols is 2. The molecule has 4 aliphatic rings. The van der Waals surface area contributed by atoms with Crippen molar-refractivity contribution in [2.24, 2.45) is 0 Å². The van der Waals surface area contributed by atoms with E-state index < -0.39 is 88.9 Å². The smallest absolute Gasteiger partial charge is 0.202 e. The number of Topliss-reactive ketones (excluding diaryl/α,β-unsaturated/α-hetero) is 1. The Balaban J connectivity index is 1.43. The molecule has 2 aromatic carbocycles. The van der Waals surface area contributed by atoms with Gasteiger partial charge in [0.2, 0.25) is 5.78 Å². The summed E-state index contributed by atoms with van der Waals surface area (Å²) in [7, 11) is 2.89. The van der Waals surface area contributed by atoms with Gasteiger partial charge in [-0.1, -0.05) is 19.1 Å². The quantitative estimate of drug-likeness (QED) is 0.274. The van der Waals surface area contributed by atoms with Gasteiger partial charge in [0.05, 0.1) is 48.7 Å². The van der Waals surface area contributed by atoms with Crippen LogP contribution in [0.4, 0.5) is 0 Å². The highest BCUT2D eigenvalue weighted by Crippen LogP contribution is 2.52. The minimum absolute atomic E-state index is 0.0111. The van der Waals surface area contributed by atoms with E-state index in [-0.39, 0.29) is 47.3 Å². The number of nitrogens with zero attached hydrogens (tertiary/aromatic N) is 1. The topological polar surface area (TPSA) is 182 Å². The SMILES string of the molecule is CCC(=O)[C@]1(O)Cc2c(O)c3c(c(O)c2[C@@H](O[C@H]2C[C@H](N4CCO[C@H](OC)C4)[C@H](O)[C@H](C)O2)C1)C(=O)c1c(OC)cccc1C3=O. The van der Waals surface area contributed by atoms with Crippen molar-refractivity contribution < 1.29 is 58.5 Å². The summed E-state index contributed by atoms with van der Waals surface area (Å²) in [6.45, 7) is 4.61. The molecule has 248 valence electrons. The molecule has 13 heteroatoms. The van der Waals surface area contributed by atoms with Crippen molar-refractivity contribution in [1.82, 2.24) is 4.90 Å². The van der Waals surface area contributed by atoms with Gasteiger partial charge in [0.25, 0.3) is 0 Å². The number of hydrogen-bond acceptors (Lipinski definition) is 13. The Kier molecular flexibility index (Phi) is 8.70. The highest BCUT2D eigenvalue weighted by atomic mass is 16.7. The van der Waals surface area contributed by atoms with E-state index in [4.69, 9.17) is 23.7 Å². The molecule has 0 aromatic heterocycles. The molecular formula is C33H39NO12. The lowest BCUT2D eigenvalue weighted by Gasteiger charge is -2.47. The van der Waals surface area contributed by atoms with Crippen molar-refractivity contribution in [2.45, 2.75) is 82.1 Å². The van der Waals surface area contributed by atoms with Crippen molar-refractivity contribution in [3.63, 3.8) is 0 Å². The average Bonchev–Trinajstić information content (AvgIpc) is 3.05. The third kappa shape index (κ3) is 5.20. The van der Waals surface area contributed by atoms with Gasteiger partial charge in [0, 0.05) is 68.6 Å². The zero-order chi connectivity index (χ0) is 33.1. The third-order valence-electron chi connectivity index (χ3n) is 9.71. The number of phenolic OH excluding ortho intramolecular Hbond substituents is 2. The average molecular weight is 642 g/mol. The van der Waals surface area contributed by atoms with Crippen molar-refractivity contribution in [3.8, 4) is 17.2 Å². The number of hydrogen-bond donors (Lipinski definition) is 4. The summed E-state index contributed by atoms with van der Waals surface area (Å²) in [4.78, 5) is 42.7. The summed E-state index contributed by atoms with van der Waals surface area (Å²) in [6.07, 6.45) is -4.84. The first-order valence-electron chi connectivity index (χ1n) is 15.4. The van der Waals surface area contributed by atoms with Gasteiger partial charge >= 0.3 is 0 Å². The Morgan fingerprint density at radius 3 is 2.52 bits per heavy atom. The number of fused-ring (bicyclic) bond motifs is 3. The third-order valence-corrected chi connectivity index (χ3v) is 9.71. The maximum absolute atomic E-state index is 13.9. The molecule has 46 heavy (non-hydrogen) atoms. The molecule has 4 N–H and O–H groups in total. The van der Waals surface area contributed by atoms with Crippen LogP contribution in [-0.4, -0.2) is 113 Å². The summed E-state index contributed by atoms with van der Waals surface area (Å²) in [5, 5.41) is 46.1. The maximum Gasteiger partial charge on any atom is 0.202 e. The lowest BCUT2D eigenvalue weighted by atomic mass is 9.71. The minimum atomic E-state index is -2.01. The molecule has 2 saturated heterocycles. The number of ketones is 3. The van der Waals surface area contributed by atoms with E-state index >= 15 is 0 Å². The number of ether oxygens (including phenoxy) is 5. The molecular weight excluding hydrogens is 602 g/mol. The van der Waals surface area contributed by atoms with Gasteiger partial charge in [-0.05, 0) is 13.0 Å². The highest BCUT2D eigenvalue weighted by Gasteiger charge is 2.50. The van der Waals surface area contributed by atoms with Crippen molar-refractivity contribution in [2.75, 3.05) is 33.9 Å². The zero-order valence-corrected chi connectivity index (χ0v) is 26.1. The molecule has 2 aliphatic heterocycles. The number of aromatic hydroxyl groups is 2. The van der Waals surface area contributed by atoms with Gasteiger partial charge in [0.15, 0.2) is 24.1 Å². The summed E-state index contributed by atoms with van der Waals surface area (Å²) >= 11 is 0. The summed E-state index contributed by atoms with van der Waals surface area (Å²) < 4.78 is 28.8. The first kappa shape index (κ1) is 32.5. The Labute approximate surface area is 265 Å². The van der Waals surface area contributed by atoms with E-state index in [1.165, 1.54) is 32.4 Å². The number of aliphatic hydroxyl groups is 2. The van der Waals surface area contributed by atoms with E-state index in [1.807, 2.05) is 4.90 Å². The van der Waals surface area contributed by atoms with Gasteiger partial charge in [-0.3, -0.25) is 19.3 Å². The highest BCUT2D eigenvalue weighted by molar-refractivity contribution is 6.31. The molecule has 2 aromatic rings. The largest absolute Gasteiger partial charge is 0.507 e. The van der Waals surface area contributed by atoms with Gasteiger partial charge in [0.1, 0.15) is 22.8 Å². The van der Waals surface area contributed by atoms with E-state index in [0.29, 0.717) is 19.7 Å². The molecule has 2 fully saturated rings. The molecule has 6 rings (SSSR count). The number of methoxy groups -OCH3 is 2. The van der Waals surface area contributed by atoms with Crippen LogP contribution in [0.5, 0.6) is 17.2 Å². The molecule has 13 nitrogen and oxygen atoms in total. The van der Waals surface area contributed by atoms with Gasteiger partial charge in [-0.15, -0.1) is 0 Å². The molecule has 0 saturated carbocycles. The van der Waals surface area contributed by atoms with Crippen LogP contribution in [0.3, 0.4) is 0 Å². The molecule has 7 atom stereocenters. The Bertz CT molecular complexity index is 1570. The van der Waals surface area contributed by atoms with E-state index in [1.54, 1.807) is 13.8 Å². The fourth-order valence-corrected chi connectivity index (χ4v) is 7.32. The fourth-order valence-electron chi connectivity index (χ4n) is 7.32. The molecule has 0 bridgehead atoms. The van der Waals surface area contributed by atoms with Crippen LogP contribution in [0, 0.1) is 0 Å². The van der Waals surface area contributed by atoms with E-state index in [2.05, 4.69) is 0 Å². The Hall–Kier alpha value is -3.43. The van der Waals surface area contributed by atoms with E-state index in [0.717, 1.165) is 0 Å². The lowest BCUT2D eigenvalue weighted by molar-refractivity contribution is -0.266. The number of benzene rings is 2. The lowest BCUT2D eigenvalue weighted by Crippen LogP contribution is -2.59. The molecule has 0 unspecified atom stereocenters.